The van der Waals surface area contributed by atoms with Crippen LogP contribution in [-0.4, -0.2) is 15.0 Å². The number of fused-ring (bicyclic) bond motifs is 1. The lowest BCUT2D eigenvalue weighted by atomic mass is 9.88. The van der Waals surface area contributed by atoms with Crippen molar-refractivity contribution in [1.82, 2.24) is 15.0 Å². The second-order valence-electron chi connectivity index (χ2n) is 6.12. The summed E-state index contributed by atoms with van der Waals surface area (Å²) in [5, 5.41) is 11.1. The molecule has 6 heteroatoms. The molecule has 1 saturated carbocycles. The number of aromatic nitrogens is 3. The highest BCUT2D eigenvalue weighted by Crippen LogP contribution is 2.40. The van der Waals surface area contributed by atoms with Crippen LogP contribution in [0.5, 0.6) is 0 Å². The lowest BCUT2D eigenvalue weighted by Crippen LogP contribution is -2.70. The summed E-state index contributed by atoms with van der Waals surface area (Å²) in [4.78, 5) is 13.1. The van der Waals surface area contributed by atoms with Gasteiger partial charge >= 0.3 is 0 Å². The van der Waals surface area contributed by atoms with Gasteiger partial charge in [-0.15, -0.1) is 0 Å². The van der Waals surface area contributed by atoms with Crippen LogP contribution in [0.3, 0.4) is 0 Å². The van der Waals surface area contributed by atoms with Gasteiger partial charge in [0, 0.05) is 12.5 Å². The molecule has 1 unspecified atom stereocenters. The van der Waals surface area contributed by atoms with Crippen molar-refractivity contribution in [3.63, 3.8) is 0 Å². The zero-order valence-electron chi connectivity index (χ0n) is 12.8. The average Bonchev–Trinajstić information content (AvgIpc) is 3.32. The summed E-state index contributed by atoms with van der Waals surface area (Å²) < 4.78 is 6.02. The molecular weight excluding hydrogens is 290 g/mol. The van der Waals surface area contributed by atoms with Crippen LogP contribution in [0, 0.1) is 17.2 Å². The Hall–Kier alpha value is -2.52. The van der Waals surface area contributed by atoms with Gasteiger partial charge in [0.25, 0.3) is 0 Å². The van der Waals surface area contributed by atoms with Gasteiger partial charge < -0.3 is 4.42 Å². The van der Waals surface area contributed by atoms with Crippen molar-refractivity contribution in [1.29, 1.82) is 5.26 Å². The summed E-state index contributed by atoms with van der Waals surface area (Å²) in [7, 11) is 0. The highest BCUT2D eigenvalue weighted by molar-refractivity contribution is 5.74. The topological polar surface area (TPSA) is 92.2 Å². The predicted molar refractivity (Wildman–Crippen MR) is 83.1 cm³/mol. The standard InChI is InChI=1S/C17H17N5O/c18-7-5-12(11-3-1-2-4-11)17-20-9-14(23-17)15-13-6-8-19-16(13)22-10-21-15/h6,8-12H,1-5H2,(H,19,21,22)/p+1. The number of hydrogen-bond acceptors (Lipinski definition) is 5. The molecule has 2 aliphatic rings. The lowest BCUT2D eigenvalue weighted by molar-refractivity contribution is -0.495. The average molecular weight is 308 g/mol. The first kappa shape index (κ1) is 14.1. The maximum atomic E-state index is 9.16. The van der Waals surface area contributed by atoms with Crippen LogP contribution in [0.1, 0.15) is 49.5 Å². The fourth-order valence-electron chi connectivity index (χ4n) is 3.62. The van der Waals surface area contributed by atoms with E-state index in [0.29, 0.717) is 24.0 Å². The molecule has 0 aromatic carbocycles. The first-order valence-corrected chi connectivity index (χ1v) is 8.06. The lowest BCUT2D eigenvalue weighted by Gasteiger charge is -2.17. The number of nitrogens with zero attached hydrogens (tertiary/aromatic N) is 4. The highest BCUT2D eigenvalue weighted by Gasteiger charge is 2.30. The monoisotopic (exact) mass is 308 g/mol. The Morgan fingerprint density at radius 3 is 3.00 bits per heavy atom. The van der Waals surface area contributed by atoms with Crippen LogP contribution in [-0.2, 0) is 0 Å². The SMILES string of the molecule is N#CCC(c1ncc(-c2ncnc3c2C=C[NH2+]3)o1)C1CCCC1. The summed E-state index contributed by atoms with van der Waals surface area (Å²) in [6, 6.07) is 2.29. The smallest absolute Gasteiger partial charge is 0.240 e. The minimum absolute atomic E-state index is 0.0910. The fourth-order valence-corrected chi connectivity index (χ4v) is 3.62. The van der Waals surface area contributed by atoms with E-state index in [2.05, 4.69) is 21.0 Å². The zero-order valence-corrected chi connectivity index (χ0v) is 12.8. The van der Waals surface area contributed by atoms with Gasteiger partial charge in [0.05, 0.1) is 29.9 Å². The number of oxazole rings is 1. The van der Waals surface area contributed by atoms with Crippen molar-refractivity contribution in [2.24, 2.45) is 5.92 Å². The Balaban J connectivity index is 1.67. The van der Waals surface area contributed by atoms with E-state index in [0.717, 1.165) is 29.9 Å². The molecule has 3 heterocycles. The molecule has 1 aliphatic carbocycles. The van der Waals surface area contributed by atoms with Crippen LogP contribution in [0.4, 0.5) is 5.82 Å². The Kier molecular flexibility index (Phi) is 3.64. The van der Waals surface area contributed by atoms with Crippen LogP contribution in [0.15, 0.2) is 23.1 Å². The van der Waals surface area contributed by atoms with E-state index in [1.54, 1.807) is 12.5 Å². The predicted octanol–water partition coefficient (Wildman–Crippen LogP) is 2.50. The molecule has 116 valence electrons. The Morgan fingerprint density at radius 1 is 1.30 bits per heavy atom. The number of nitriles is 1. The van der Waals surface area contributed by atoms with Gasteiger partial charge in [-0.1, -0.05) is 12.8 Å². The van der Waals surface area contributed by atoms with Gasteiger partial charge in [-0.05, 0) is 18.8 Å². The van der Waals surface area contributed by atoms with E-state index >= 15 is 0 Å². The van der Waals surface area contributed by atoms with Gasteiger partial charge in [0.15, 0.2) is 11.7 Å². The minimum atomic E-state index is 0.0910. The molecule has 0 bridgehead atoms. The van der Waals surface area contributed by atoms with E-state index in [-0.39, 0.29) is 5.92 Å². The van der Waals surface area contributed by atoms with E-state index in [4.69, 9.17) is 9.68 Å². The summed E-state index contributed by atoms with van der Waals surface area (Å²) in [5.41, 5.74) is 1.73. The molecule has 6 nitrogen and oxygen atoms in total. The van der Waals surface area contributed by atoms with Crippen molar-refractivity contribution in [2.75, 3.05) is 0 Å². The first-order chi connectivity index (χ1) is 11.4. The first-order valence-electron chi connectivity index (χ1n) is 8.06. The fraction of sp³-hybridized carbons (Fsp3) is 0.412. The molecular formula is C17H18N5O+. The molecule has 1 atom stereocenters. The summed E-state index contributed by atoms with van der Waals surface area (Å²) in [5.74, 6) is 2.82. The van der Waals surface area contributed by atoms with E-state index in [9.17, 15) is 0 Å². The number of quaternary nitrogens is 1. The molecule has 23 heavy (non-hydrogen) atoms. The minimum Gasteiger partial charge on any atom is -0.439 e. The van der Waals surface area contributed by atoms with Crippen molar-refractivity contribution in [3.05, 3.63) is 30.2 Å². The van der Waals surface area contributed by atoms with Crippen molar-refractivity contribution < 1.29 is 9.73 Å². The maximum absolute atomic E-state index is 9.16. The van der Waals surface area contributed by atoms with Gasteiger partial charge in [0.1, 0.15) is 12.0 Å². The molecule has 1 aliphatic heterocycles. The van der Waals surface area contributed by atoms with E-state index in [1.165, 1.54) is 12.8 Å². The summed E-state index contributed by atoms with van der Waals surface area (Å²) in [6.07, 6.45) is 12.5. The normalized spacial score (nSPS) is 18.0. The number of nitrogens with two attached hydrogens (primary N) is 1. The highest BCUT2D eigenvalue weighted by atomic mass is 16.4. The third-order valence-electron chi connectivity index (χ3n) is 4.79. The second kappa shape index (κ2) is 5.94. The molecule has 4 rings (SSSR count). The molecule has 2 aromatic rings. The Bertz CT molecular complexity index is 783. The molecule has 1 fully saturated rings. The molecule has 0 amide bonds. The van der Waals surface area contributed by atoms with E-state index < -0.39 is 0 Å². The van der Waals surface area contributed by atoms with Crippen LogP contribution in [0.25, 0.3) is 17.5 Å². The second-order valence-corrected chi connectivity index (χ2v) is 6.12. The van der Waals surface area contributed by atoms with Crippen molar-refractivity contribution in [2.45, 2.75) is 38.0 Å². The van der Waals surface area contributed by atoms with Crippen molar-refractivity contribution >= 4 is 11.9 Å². The number of hydrogen-bond donors (Lipinski definition) is 1. The molecule has 0 radical (unpaired) electrons. The van der Waals surface area contributed by atoms with Gasteiger partial charge in [-0.2, -0.15) is 10.2 Å². The molecule has 0 spiro atoms. The van der Waals surface area contributed by atoms with Crippen LogP contribution >= 0.6 is 0 Å². The maximum Gasteiger partial charge on any atom is 0.240 e. The molecule has 0 saturated heterocycles. The largest absolute Gasteiger partial charge is 0.439 e. The van der Waals surface area contributed by atoms with Gasteiger partial charge in [0.2, 0.25) is 5.82 Å². The van der Waals surface area contributed by atoms with Crippen LogP contribution in [0.2, 0.25) is 0 Å². The molecule has 2 aromatic heterocycles. The third kappa shape index (κ3) is 2.53. The molecule has 2 N–H and O–H groups in total. The Labute approximate surface area is 134 Å². The quantitative estimate of drug-likeness (QED) is 0.936. The van der Waals surface area contributed by atoms with Crippen LogP contribution < -0.4 is 5.32 Å². The third-order valence-corrected chi connectivity index (χ3v) is 4.79. The summed E-state index contributed by atoms with van der Waals surface area (Å²) >= 11 is 0. The zero-order chi connectivity index (χ0) is 15.6. The van der Waals surface area contributed by atoms with Gasteiger partial charge in [-0.25, -0.2) is 9.97 Å². The van der Waals surface area contributed by atoms with Crippen molar-refractivity contribution in [3.8, 4) is 17.5 Å². The Morgan fingerprint density at radius 2 is 2.17 bits per heavy atom. The number of rotatable bonds is 4. The van der Waals surface area contributed by atoms with Gasteiger partial charge in [-0.3, -0.25) is 5.32 Å². The summed E-state index contributed by atoms with van der Waals surface area (Å²) in [6.45, 7) is 0. The van der Waals surface area contributed by atoms with E-state index in [1.807, 2.05) is 17.6 Å².